The van der Waals surface area contributed by atoms with E-state index in [2.05, 4.69) is 31.0 Å². The normalized spacial score (nSPS) is 27.2. The molecular formula is C17H19N3OS2. The Bertz CT molecular complexity index is 772. The fraction of sp³-hybridized carbons (Fsp3) is 0.529. The Morgan fingerprint density at radius 3 is 2.96 bits per heavy atom. The van der Waals surface area contributed by atoms with Gasteiger partial charge in [-0.2, -0.15) is 5.10 Å². The summed E-state index contributed by atoms with van der Waals surface area (Å²) in [5, 5.41) is 11.3. The number of Topliss-reactive ketones (excluding diaryl/α,β-unsaturated/α-hetero) is 1. The Balaban J connectivity index is 1.57. The highest BCUT2D eigenvalue weighted by Crippen LogP contribution is 2.66. The lowest BCUT2D eigenvalue weighted by Gasteiger charge is -2.33. The van der Waals surface area contributed by atoms with Gasteiger partial charge < -0.3 is 0 Å². The number of ketones is 1. The number of rotatable bonds is 4. The van der Waals surface area contributed by atoms with Crippen molar-refractivity contribution in [3.8, 4) is 0 Å². The van der Waals surface area contributed by atoms with E-state index >= 15 is 0 Å². The number of thiophene rings is 1. The van der Waals surface area contributed by atoms with Crippen LogP contribution in [0.1, 0.15) is 60.6 Å². The van der Waals surface area contributed by atoms with Crippen LogP contribution < -0.4 is 0 Å². The van der Waals surface area contributed by atoms with Crippen LogP contribution in [0.2, 0.25) is 0 Å². The molecule has 2 aromatic heterocycles. The van der Waals surface area contributed by atoms with E-state index in [1.165, 1.54) is 29.5 Å². The number of nitrogens with zero attached hydrogens (tertiary/aromatic N) is 3. The molecule has 120 valence electrons. The van der Waals surface area contributed by atoms with Crippen molar-refractivity contribution in [3.05, 3.63) is 33.8 Å². The molecule has 2 bridgehead atoms. The van der Waals surface area contributed by atoms with Crippen LogP contribution in [0, 0.1) is 5.41 Å². The third-order valence-corrected chi connectivity index (χ3v) is 7.65. The second-order valence-corrected chi connectivity index (χ2v) is 9.05. The van der Waals surface area contributed by atoms with Gasteiger partial charge in [-0.25, -0.2) is 4.98 Å². The third kappa shape index (κ3) is 2.11. The Labute approximate surface area is 144 Å². The number of hydrogen-bond donors (Lipinski definition) is 0. The van der Waals surface area contributed by atoms with E-state index in [0.29, 0.717) is 16.8 Å². The Kier molecular flexibility index (Phi) is 3.39. The molecule has 0 aliphatic heterocycles. The molecule has 4 rings (SSSR count). The van der Waals surface area contributed by atoms with E-state index in [4.69, 9.17) is 4.98 Å². The van der Waals surface area contributed by atoms with E-state index in [-0.39, 0.29) is 16.6 Å². The molecule has 2 aliphatic rings. The molecule has 0 spiro atoms. The monoisotopic (exact) mass is 345 g/mol. The predicted octanol–water partition coefficient (Wildman–Crippen LogP) is 4.08. The summed E-state index contributed by atoms with van der Waals surface area (Å²) < 4.78 is 0. The molecule has 6 heteroatoms. The van der Waals surface area contributed by atoms with Gasteiger partial charge in [0.15, 0.2) is 5.78 Å². The summed E-state index contributed by atoms with van der Waals surface area (Å²) in [5.74, 6) is 0.960. The highest BCUT2D eigenvalue weighted by molar-refractivity contribution is 7.99. The number of carbonyl (C=O) groups excluding carboxylic acids is 1. The summed E-state index contributed by atoms with van der Waals surface area (Å²) in [5.41, 5.74) is 2.46. The standard InChI is InChI=1S/C17H19N3OS2/c1-16(2)10-6-7-17(16,3)14-13(10)19-20-15(18-14)23-9-11(21)12-5-4-8-22-12/h4-5,8,10H,6-7,9H2,1-3H3/t10-,17+/m1/s1. The van der Waals surface area contributed by atoms with Gasteiger partial charge in [0.05, 0.1) is 22.0 Å². The topological polar surface area (TPSA) is 55.7 Å². The van der Waals surface area contributed by atoms with Crippen LogP contribution in [0.15, 0.2) is 22.7 Å². The largest absolute Gasteiger partial charge is 0.292 e. The fourth-order valence-electron chi connectivity index (χ4n) is 4.06. The molecule has 4 nitrogen and oxygen atoms in total. The van der Waals surface area contributed by atoms with Gasteiger partial charge in [0.1, 0.15) is 0 Å². The summed E-state index contributed by atoms with van der Waals surface area (Å²) >= 11 is 2.87. The van der Waals surface area contributed by atoms with Gasteiger partial charge in [-0.15, -0.1) is 16.4 Å². The number of aromatic nitrogens is 3. The summed E-state index contributed by atoms with van der Waals surface area (Å²) in [7, 11) is 0. The molecule has 0 amide bonds. The van der Waals surface area contributed by atoms with E-state index in [9.17, 15) is 4.79 Å². The van der Waals surface area contributed by atoms with Gasteiger partial charge >= 0.3 is 0 Å². The highest BCUT2D eigenvalue weighted by Gasteiger charge is 2.61. The molecule has 2 atom stereocenters. The Morgan fingerprint density at radius 1 is 1.39 bits per heavy atom. The maximum atomic E-state index is 12.1. The fourth-order valence-corrected chi connectivity index (χ4v) is 5.49. The number of carbonyl (C=O) groups is 1. The smallest absolute Gasteiger partial charge is 0.209 e. The molecule has 0 radical (unpaired) electrons. The lowest BCUT2D eigenvalue weighted by Crippen LogP contribution is -2.32. The van der Waals surface area contributed by atoms with Crippen molar-refractivity contribution in [2.45, 2.75) is 50.1 Å². The van der Waals surface area contributed by atoms with Crippen molar-refractivity contribution < 1.29 is 4.79 Å². The van der Waals surface area contributed by atoms with Crippen LogP contribution in [0.3, 0.4) is 0 Å². The summed E-state index contributed by atoms with van der Waals surface area (Å²) in [6.45, 7) is 6.95. The zero-order valence-electron chi connectivity index (χ0n) is 13.5. The van der Waals surface area contributed by atoms with Crippen LogP contribution in [0.4, 0.5) is 0 Å². The van der Waals surface area contributed by atoms with Crippen molar-refractivity contribution in [3.63, 3.8) is 0 Å². The minimum absolute atomic E-state index is 0.0794. The molecule has 2 aromatic rings. The maximum absolute atomic E-state index is 12.1. The molecule has 0 N–H and O–H groups in total. The summed E-state index contributed by atoms with van der Waals surface area (Å²) in [6, 6.07) is 3.76. The zero-order valence-corrected chi connectivity index (χ0v) is 15.1. The SMILES string of the molecule is CC1(C)[C@@H]2CC[C@@]1(C)c1nc(SCC(=O)c3cccs3)nnc12. The van der Waals surface area contributed by atoms with E-state index in [0.717, 1.165) is 22.7 Å². The van der Waals surface area contributed by atoms with Crippen molar-refractivity contribution in [2.75, 3.05) is 5.75 Å². The van der Waals surface area contributed by atoms with E-state index in [1.807, 2.05) is 17.5 Å². The number of fused-ring (bicyclic) bond motifs is 5. The van der Waals surface area contributed by atoms with Gasteiger partial charge in [0.25, 0.3) is 0 Å². The lowest BCUT2D eigenvalue weighted by molar-refractivity contribution is 0.102. The van der Waals surface area contributed by atoms with E-state index < -0.39 is 0 Å². The molecular weight excluding hydrogens is 326 g/mol. The first kappa shape index (κ1) is 15.3. The first-order valence-corrected chi connectivity index (χ1v) is 9.74. The zero-order chi connectivity index (χ0) is 16.2. The van der Waals surface area contributed by atoms with Gasteiger partial charge in [0.2, 0.25) is 5.16 Å². The van der Waals surface area contributed by atoms with Crippen molar-refractivity contribution in [1.82, 2.24) is 15.2 Å². The second-order valence-electron chi connectivity index (χ2n) is 7.16. The van der Waals surface area contributed by atoms with Gasteiger partial charge in [0, 0.05) is 11.3 Å². The van der Waals surface area contributed by atoms with Gasteiger partial charge in [-0.3, -0.25) is 4.79 Å². The second kappa shape index (κ2) is 5.11. The first-order chi connectivity index (χ1) is 10.9. The van der Waals surface area contributed by atoms with Crippen molar-refractivity contribution >= 4 is 28.9 Å². The quantitative estimate of drug-likeness (QED) is 0.617. The molecule has 1 fully saturated rings. The summed E-state index contributed by atoms with van der Waals surface area (Å²) in [4.78, 5) is 17.7. The van der Waals surface area contributed by atoms with Crippen molar-refractivity contribution in [1.29, 1.82) is 0 Å². The first-order valence-electron chi connectivity index (χ1n) is 7.88. The average molecular weight is 345 g/mol. The van der Waals surface area contributed by atoms with Gasteiger partial charge in [-0.05, 0) is 29.7 Å². The Morgan fingerprint density at radius 2 is 2.22 bits per heavy atom. The maximum Gasteiger partial charge on any atom is 0.209 e. The summed E-state index contributed by atoms with van der Waals surface area (Å²) in [6.07, 6.45) is 2.34. The number of thioether (sulfide) groups is 1. The molecule has 2 heterocycles. The molecule has 1 saturated carbocycles. The number of hydrogen-bond acceptors (Lipinski definition) is 6. The van der Waals surface area contributed by atoms with Crippen LogP contribution in [0.5, 0.6) is 0 Å². The van der Waals surface area contributed by atoms with Gasteiger partial charge in [-0.1, -0.05) is 38.6 Å². The Hall–Kier alpha value is -1.27. The minimum Gasteiger partial charge on any atom is -0.292 e. The molecule has 0 saturated heterocycles. The minimum atomic E-state index is 0.0794. The molecule has 2 aliphatic carbocycles. The third-order valence-electron chi connectivity index (χ3n) is 5.90. The molecule has 23 heavy (non-hydrogen) atoms. The van der Waals surface area contributed by atoms with Crippen LogP contribution >= 0.6 is 23.1 Å². The van der Waals surface area contributed by atoms with Crippen LogP contribution in [0.25, 0.3) is 0 Å². The average Bonchev–Trinajstić information content (AvgIpc) is 3.17. The predicted molar refractivity (Wildman–Crippen MR) is 92.3 cm³/mol. The highest BCUT2D eigenvalue weighted by atomic mass is 32.2. The molecule has 0 unspecified atom stereocenters. The molecule has 0 aromatic carbocycles. The van der Waals surface area contributed by atoms with E-state index in [1.54, 1.807) is 0 Å². The van der Waals surface area contributed by atoms with Crippen LogP contribution in [-0.4, -0.2) is 26.7 Å². The van der Waals surface area contributed by atoms with Crippen LogP contribution in [-0.2, 0) is 5.41 Å². The van der Waals surface area contributed by atoms with Crippen molar-refractivity contribution in [2.24, 2.45) is 5.41 Å². The lowest BCUT2D eigenvalue weighted by atomic mass is 9.70.